The first kappa shape index (κ1) is 19.1. The van der Waals surface area contributed by atoms with Crippen LogP contribution in [0.25, 0.3) is 22.2 Å². The summed E-state index contributed by atoms with van der Waals surface area (Å²) < 4.78 is 15.9. The van der Waals surface area contributed by atoms with E-state index in [2.05, 4.69) is 45.1 Å². The maximum Gasteiger partial charge on any atom is 0.317 e. The van der Waals surface area contributed by atoms with Crippen LogP contribution in [0.15, 0.2) is 54.6 Å². The monoisotopic (exact) mass is 406 g/mol. The number of carbonyl (C=O) groups is 1. The lowest BCUT2D eigenvalue weighted by atomic mass is 10.0. The molecule has 6 heteroatoms. The SMILES string of the molecule is O=C1NCCN1CCN1CCC(n2c(-c3ccc(F)cc3)cc3ccccc32)CC1. The molecule has 2 aromatic carbocycles. The molecule has 2 amide bonds. The van der Waals surface area contributed by atoms with Crippen LogP contribution in [0.3, 0.4) is 0 Å². The third-order valence-corrected chi connectivity index (χ3v) is 6.44. The van der Waals surface area contributed by atoms with Gasteiger partial charge in [0.05, 0.1) is 0 Å². The minimum absolute atomic E-state index is 0.0626. The minimum atomic E-state index is -0.207. The van der Waals surface area contributed by atoms with Crippen LogP contribution in [0.2, 0.25) is 0 Å². The average Bonchev–Trinajstić information content (AvgIpc) is 3.36. The van der Waals surface area contributed by atoms with Gasteiger partial charge in [-0.15, -0.1) is 0 Å². The molecule has 3 heterocycles. The second-order valence-electron chi connectivity index (χ2n) is 8.26. The van der Waals surface area contributed by atoms with Gasteiger partial charge in [-0.3, -0.25) is 0 Å². The number of benzene rings is 2. The second-order valence-corrected chi connectivity index (χ2v) is 8.26. The van der Waals surface area contributed by atoms with Crippen LogP contribution in [-0.4, -0.2) is 59.7 Å². The number of urea groups is 1. The van der Waals surface area contributed by atoms with Crippen LogP contribution in [0.4, 0.5) is 9.18 Å². The van der Waals surface area contributed by atoms with Gasteiger partial charge in [-0.05, 0) is 54.8 Å². The first-order chi connectivity index (χ1) is 14.7. The number of hydrogen-bond acceptors (Lipinski definition) is 2. The summed E-state index contributed by atoms with van der Waals surface area (Å²) >= 11 is 0. The molecule has 2 fully saturated rings. The van der Waals surface area contributed by atoms with Crippen LogP contribution in [-0.2, 0) is 0 Å². The molecule has 5 rings (SSSR count). The topological polar surface area (TPSA) is 40.5 Å². The van der Waals surface area contributed by atoms with Gasteiger partial charge < -0.3 is 19.7 Å². The molecule has 2 aliphatic rings. The molecule has 5 nitrogen and oxygen atoms in total. The fourth-order valence-electron chi connectivity index (χ4n) is 4.80. The Labute approximate surface area is 176 Å². The van der Waals surface area contributed by atoms with Crippen LogP contribution in [0.5, 0.6) is 0 Å². The van der Waals surface area contributed by atoms with Crippen molar-refractivity contribution in [3.8, 4) is 11.3 Å². The van der Waals surface area contributed by atoms with Crippen molar-refractivity contribution < 1.29 is 9.18 Å². The zero-order valence-corrected chi connectivity index (χ0v) is 17.1. The van der Waals surface area contributed by atoms with E-state index in [9.17, 15) is 9.18 Å². The number of halogens is 1. The number of nitrogens with zero attached hydrogens (tertiary/aromatic N) is 3. The van der Waals surface area contributed by atoms with Crippen molar-refractivity contribution in [2.24, 2.45) is 0 Å². The van der Waals surface area contributed by atoms with Crippen molar-refractivity contribution in [2.75, 3.05) is 39.3 Å². The van der Waals surface area contributed by atoms with Gasteiger partial charge in [0.25, 0.3) is 0 Å². The molecule has 156 valence electrons. The van der Waals surface area contributed by atoms with Crippen LogP contribution in [0, 0.1) is 5.82 Å². The van der Waals surface area contributed by atoms with Gasteiger partial charge in [0.2, 0.25) is 0 Å². The molecule has 1 N–H and O–H groups in total. The molecule has 2 aliphatic heterocycles. The third kappa shape index (κ3) is 3.67. The standard InChI is InChI=1S/C24H27FN4O/c25-20-7-5-18(6-8-20)23-17-19-3-1-2-4-22(19)29(23)21-9-12-27(13-10-21)15-16-28-14-11-26-24(28)30/h1-8,17,21H,9-16H2,(H,26,30). The maximum absolute atomic E-state index is 13.5. The number of piperidine rings is 1. The number of likely N-dealkylation sites (tertiary alicyclic amines) is 1. The number of para-hydroxylation sites is 1. The van der Waals surface area contributed by atoms with Crippen LogP contribution < -0.4 is 5.32 Å². The van der Waals surface area contributed by atoms with E-state index in [0.717, 1.165) is 63.4 Å². The number of carbonyl (C=O) groups excluding carboxylic acids is 1. The number of nitrogens with one attached hydrogen (secondary N) is 1. The molecule has 0 spiro atoms. The summed E-state index contributed by atoms with van der Waals surface area (Å²) in [6.45, 7) is 5.34. The average molecular weight is 407 g/mol. The predicted octanol–water partition coefficient (Wildman–Crippen LogP) is 4.11. The molecule has 1 aromatic heterocycles. The first-order valence-corrected chi connectivity index (χ1v) is 10.8. The fourth-order valence-corrected chi connectivity index (χ4v) is 4.80. The lowest BCUT2D eigenvalue weighted by Gasteiger charge is -2.34. The summed E-state index contributed by atoms with van der Waals surface area (Å²) in [6, 6.07) is 18.0. The van der Waals surface area contributed by atoms with E-state index in [0.29, 0.717) is 6.04 Å². The Bertz CT molecular complexity index is 1040. The number of amides is 2. The first-order valence-electron chi connectivity index (χ1n) is 10.8. The van der Waals surface area contributed by atoms with E-state index in [1.807, 2.05) is 17.0 Å². The highest BCUT2D eigenvalue weighted by molar-refractivity contribution is 5.87. The van der Waals surface area contributed by atoms with Crippen molar-refractivity contribution >= 4 is 16.9 Å². The molecule has 3 aromatic rings. The van der Waals surface area contributed by atoms with Gasteiger partial charge in [-0.1, -0.05) is 18.2 Å². The van der Waals surface area contributed by atoms with E-state index in [4.69, 9.17) is 0 Å². The van der Waals surface area contributed by atoms with Gasteiger partial charge in [0, 0.05) is 61.9 Å². The van der Waals surface area contributed by atoms with E-state index in [1.165, 1.54) is 23.0 Å². The summed E-state index contributed by atoms with van der Waals surface area (Å²) in [4.78, 5) is 16.1. The molecular formula is C24H27FN4O. The Balaban J connectivity index is 1.34. The molecule has 0 atom stereocenters. The molecule has 2 saturated heterocycles. The Hall–Kier alpha value is -2.86. The molecule has 0 unspecified atom stereocenters. The molecule has 0 aliphatic carbocycles. The zero-order valence-electron chi connectivity index (χ0n) is 17.1. The van der Waals surface area contributed by atoms with Crippen LogP contribution >= 0.6 is 0 Å². The quantitative estimate of drug-likeness (QED) is 0.693. The lowest BCUT2D eigenvalue weighted by molar-refractivity contribution is 0.168. The fraction of sp³-hybridized carbons (Fsp3) is 0.375. The van der Waals surface area contributed by atoms with Gasteiger partial charge in [-0.2, -0.15) is 0 Å². The number of aromatic nitrogens is 1. The number of fused-ring (bicyclic) bond motifs is 1. The number of hydrogen-bond donors (Lipinski definition) is 1. The Morgan fingerprint density at radius 3 is 2.47 bits per heavy atom. The van der Waals surface area contributed by atoms with E-state index >= 15 is 0 Å². The molecule has 30 heavy (non-hydrogen) atoms. The molecular weight excluding hydrogens is 379 g/mol. The van der Waals surface area contributed by atoms with Crippen molar-refractivity contribution in [3.63, 3.8) is 0 Å². The Morgan fingerprint density at radius 2 is 1.73 bits per heavy atom. The minimum Gasteiger partial charge on any atom is -0.337 e. The Morgan fingerprint density at radius 1 is 0.967 bits per heavy atom. The summed E-state index contributed by atoms with van der Waals surface area (Å²) in [5.41, 5.74) is 3.45. The second kappa shape index (κ2) is 8.11. The molecule has 0 radical (unpaired) electrons. The maximum atomic E-state index is 13.5. The summed E-state index contributed by atoms with van der Waals surface area (Å²) in [6.07, 6.45) is 2.14. The predicted molar refractivity (Wildman–Crippen MR) is 117 cm³/mol. The van der Waals surface area contributed by atoms with Crippen molar-refractivity contribution in [3.05, 3.63) is 60.4 Å². The largest absolute Gasteiger partial charge is 0.337 e. The highest BCUT2D eigenvalue weighted by Crippen LogP contribution is 2.35. The van der Waals surface area contributed by atoms with Crippen molar-refractivity contribution in [2.45, 2.75) is 18.9 Å². The van der Waals surface area contributed by atoms with Gasteiger partial charge in [0.1, 0.15) is 5.82 Å². The van der Waals surface area contributed by atoms with Gasteiger partial charge in [-0.25, -0.2) is 9.18 Å². The van der Waals surface area contributed by atoms with Crippen LogP contribution in [0.1, 0.15) is 18.9 Å². The van der Waals surface area contributed by atoms with E-state index < -0.39 is 0 Å². The van der Waals surface area contributed by atoms with Gasteiger partial charge >= 0.3 is 6.03 Å². The van der Waals surface area contributed by atoms with Gasteiger partial charge in [0.15, 0.2) is 0 Å². The van der Waals surface area contributed by atoms with Crippen molar-refractivity contribution in [1.29, 1.82) is 0 Å². The summed E-state index contributed by atoms with van der Waals surface area (Å²) in [5.74, 6) is -0.207. The third-order valence-electron chi connectivity index (χ3n) is 6.44. The highest BCUT2D eigenvalue weighted by Gasteiger charge is 2.25. The lowest BCUT2D eigenvalue weighted by Crippen LogP contribution is -2.41. The summed E-state index contributed by atoms with van der Waals surface area (Å²) in [7, 11) is 0. The Kier molecular flexibility index (Phi) is 5.17. The van der Waals surface area contributed by atoms with E-state index in [1.54, 1.807) is 0 Å². The van der Waals surface area contributed by atoms with Crippen molar-refractivity contribution in [1.82, 2.24) is 19.7 Å². The summed E-state index contributed by atoms with van der Waals surface area (Å²) in [5, 5.41) is 4.09. The zero-order chi connectivity index (χ0) is 20.5. The smallest absolute Gasteiger partial charge is 0.317 e. The highest BCUT2D eigenvalue weighted by atomic mass is 19.1. The normalized spacial score (nSPS) is 18.3. The number of rotatable bonds is 5. The molecule has 0 saturated carbocycles. The van der Waals surface area contributed by atoms with E-state index in [-0.39, 0.29) is 11.8 Å². The molecule has 0 bridgehead atoms.